The average Bonchev–Trinajstić information content (AvgIpc) is 1.90. The lowest BCUT2D eigenvalue weighted by Gasteiger charge is -1.85. The Kier molecular flexibility index (Phi) is 1.56. The highest BCUT2D eigenvalue weighted by Gasteiger charge is 1.77. The fraction of sp³-hybridized carbons (Fsp3) is 0.333. The molecule has 7 heavy (non-hydrogen) atoms. The minimum atomic E-state index is 0.951. The molecule has 1 aliphatic rings. The van der Waals surface area contributed by atoms with E-state index in [1.165, 1.54) is 0 Å². The van der Waals surface area contributed by atoms with Gasteiger partial charge in [-0.05, 0) is 12.5 Å². The summed E-state index contributed by atoms with van der Waals surface area (Å²) in [5, 5.41) is 3.02. The number of allylic oxidation sites excluding steroid dienone is 2. The Bertz CT molecular complexity index is 80.4. The first-order chi connectivity index (χ1) is 3.50. The first-order valence-corrected chi connectivity index (χ1v) is 2.43. The molecule has 0 aromatic rings. The zero-order valence-corrected chi connectivity index (χ0v) is 4.15. The Morgan fingerprint density at radius 1 is 1.43 bits per heavy atom. The summed E-state index contributed by atoms with van der Waals surface area (Å²) in [5.41, 5.74) is 0. The topological polar surface area (TPSA) is 12.0 Å². The van der Waals surface area contributed by atoms with Crippen LogP contribution >= 0.6 is 0 Å². The van der Waals surface area contributed by atoms with Gasteiger partial charge in [0, 0.05) is 12.7 Å². The number of rotatable bonds is 0. The van der Waals surface area contributed by atoms with Crippen molar-refractivity contribution in [2.45, 2.75) is 6.42 Å². The molecule has 1 N–H and O–H groups in total. The highest BCUT2D eigenvalue weighted by molar-refractivity contribution is 4.93. The van der Waals surface area contributed by atoms with Crippen molar-refractivity contribution in [1.82, 2.24) is 5.32 Å². The van der Waals surface area contributed by atoms with Crippen molar-refractivity contribution < 1.29 is 0 Å². The largest absolute Gasteiger partial charge is 0.387 e. The molecule has 0 atom stereocenters. The van der Waals surface area contributed by atoms with Crippen LogP contribution in [0.15, 0.2) is 18.4 Å². The van der Waals surface area contributed by atoms with Crippen molar-refractivity contribution in [2.24, 2.45) is 0 Å². The summed E-state index contributed by atoms with van der Waals surface area (Å²) in [5.74, 6) is 0. The molecule has 1 radical (unpaired) electrons. The molecule has 1 rings (SSSR count). The quantitative estimate of drug-likeness (QED) is 0.439. The van der Waals surface area contributed by atoms with Gasteiger partial charge >= 0.3 is 0 Å². The number of nitrogens with one attached hydrogen (secondary N) is 1. The lowest BCUT2D eigenvalue weighted by atomic mass is 10.4. The van der Waals surface area contributed by atoms with Crippen LogP contribution in [-0.4, -0.2) is 6.54 Å². The molecule has 0 aliphatic carbocycles. The third kappa shape index (κ3) is 1.44. The zero-order chi connectivity index (χ0) is 4.95. The average molecular weight is 94.1 g/mol. The maximum absolute atomic E-state index is 3.02. The van der Waals surface area contributed by atoms with Crippen molar-refractivity contribution >= 4 is 0 Å². The van der Waals surface area contributed by atoms with Gasteiger partial charge in [0.2, 0.25) is 0 Å². The maximum Gasteiger partial charge on any atom is 0.0325 e. The highest BCUT2D eigenvalue weighted by Crippen LogP contribution is 1.85. The fourth-order valence-corrected chi connectivity index (χ4v) is 0.493. The lowest BCUT2D eigenvalue weighted by Crippen LogP contribution is -2.01. The Balaban J connectivity index is 2.38. The Morgan fingerprint density at radius 2 is 2.43 bits per heavy atom. The molecule has 0 amide bonds. The molecule has 0 aromatic heterocycles. The third-order valence-electron chi connectivity index (χ3n) is 0.842. The predicted octanol–water partition coefficient (Wildman–Crippen LogP) is 0.853. The molecule has 1 aliphatic heterocycles. The molecule has 0 aromatic carbocycles. The minimum Gasteiger partial charge on any atom is -0.387 e. The van der Waals surface area contributed by atoms with Crippen molar-refractivity contribution in [3.63, 3.8) is 0 Å². The van der Waals surface area contributed by atoms with Gasteiger partial charge in [-0.3, -0.25) is 0 Å². The van der Waals surface area contributed by atoms with Gasteiger partial charge in [0.15, 0.2) is 0 Å². The number of hydrogen-bond donors (Lipinski definition) is 1. The van der Waals surface area contributed by atoms with E-state index in [1.54, 1.807) is 0 Å². The van der Waals surface area contributed by atoms with Crippen LogP contribution < -0.4 is 5.32 Å². The van der Waals surface area contributed by atoms with E-state index in [-0.39, 0.29) is 0 Å². The first kappa shape index (κ1) is 4.44. The maximum atomic E-state index is 3.02. The summed E-state index contributed by atoms with van der Waals surface area (Å²) in [6, 6.07) is 0. The van der Waals surface area contributed by atoms with E-state index in [9.17, 15) is 0 Å². The summed E-state index contributed by atoms with van der Waals surface area (Å²) in [4.78, 5) is 0. The predicted molar refractivity (Wildman–Crippen MR) is 29.6 cm³/mol. The van der Waals surface area contributed by atoms with Gasteiger partial charge in [-0.25, -0.2) is 0 Å². The van der Waals surface area contributed by atoms with E-state index in [1.807, 2.05) is 6.20 Å². The van der Waals surface area contributed by atoms with Crippen LogP contribution in [0.5, 0.6) is 0 Å². The summed E-state index contributed by atoms with van der Waals surface area (Å²) in [6.07, 6.45) is 10.0. The van der Waals surface area contributed by atoms with Gasteiger partial charge in [-0.15, -0.1) is 0 Å². The second-order valence-corrected chi connectivity index (χ2v) is 1.43. The van der Waals surface area contributed by atoms with E-state index in [4.69, 9.17) is 0 Å². The van der Waals surface area contributed by atoms with Crippen LogP contribution in [-0.2, 0) is 0 Å². The minimum absolute atomic E-state index is 0.951. The van der Waals surface area contributed by atoms with Gasteiger partial charge in [-0.2, -0.15) is 0 Å². The van der Waals surface area contributed by atoms with Crippen LogP contribution in [0.4, 0.5) is 0 Å². The summed E-state index contributed by atoms with van der Waals surface area (Å²) >= 11 is 0. The Labute approximate surface area is 43.7 Å². The van der Waals surface area contributed by atoms with Gasteiger partial charge < -0.3 is 5.32 Å². The molecule has 0 saturated carbocycles. The van der Waals surface area contributed by atoms with Crippen LogP contribution in [0, 0.1) is 6.08 Å². The normalized spacial score (nSPS) is 18.3. The fourth-order valence-electron chi connectivity index (χ4n) is 0.493. The summed E-state index contributed by atoms with van der Waals surface area (Å²) in [7, 11) is 0. The van der Waals surface area contributed by atoms with Crippen LogP contribution in [0.2, 0.25) is 0 Å². The molecule has 1 nitrogen and oxygen atoms in total. The Morgan fingerprint density at radius 3 is 3.43 bits per heavy atom. The lowest BCUT2D eigenvalue weighted by molar-refractivity contribution is 0.988. The SMILES string of the molecule is [C]1=CNCC=CC1. The Hall–Kier alpha value is -0.720. The van der Waals surface area contributed by atoms with Gasteiger partial charge in [-0.1, -0.05) is 12.2 Å². The van der Waals surface area contributed by atoms with Crippen molar-refractivity contribution in [1.29, 1.82) is 0 Å². The standard InChI is InChI=1S/C6H8N/c1-2-4-6-7-5-3-1/h1,3,6-7H,2,5H2. The van der Waals surface area contributed by atoms with E-state index in [2.05, 4.69) is 23.5 Å². The number of hydrogen-bond acceptors (Lipinski definition) is 1. The molecular weight excluding hydrogens is 86.1 g/mol. The third-order valence-corrected chi connectivity index (χ3v) is 0.842. The second-order valence-electron chi connectivity index (χ2n) is 1.43. The van der Waals surface area contributed by atoms with Crippen LogP contribution in [0.3, 0.4) is 0 Å². The summed E-state index contributed by atoms with van der Waals surface area (Å²) in [6.45, 7) is 0.951. The van der Waals surface area contributed by atoms with Crippen LogP contribution in [0.25, 0.3) is 0 Å². The zero-order valence-electron chi connectivity index (χ0n) is 4.15. The molecule has 0 unspecified atom stereocenters. The molecule has 1 heterocycles. The molecular formula is C6H8N. The molecule has 0 bridgehead atoms. The monoisotopic (exact) mass is 94.1 g/mol. The first-order valence-electron chi connectivity index (χ1n) is 2.43. The molecule has 0 fully saturated rings. The van der Waals surface area contributed by atoms with Gasteiger partial charge in [0.25, 0.3) is 0 Å². The van der Waals surface area contributed by atoms with Crippen LogP contribution in [0.1, 0.15) is 6.42 Å². The molecule has 0 spiro atoms. The van der Waals surface area contributed by atoms with Crippen molar-refractivity contribution in [2.75, 3.05) is 6.54 Å². The van der Waals surface area contributed by atoms with Gasteiger partial charge in [0.05, 0.1) is 0 Å². The van der Waals surface area contributed by atoms with Crippen molar-refractivity contribution in [3.05, 3.63) is 24.4 Å². The smallest absolute Gasteiger partial charge is 0.0325 e. The van der Waals surface area contributed by atoms with E-state index >= 15 is 0 Å². The molecule has 0 saturated heterocycles. The molecule has 1 heteroatoms. The summed E-state index contributed by atoms with van der Waals surface area (Å²) < 4.78 is 0. The second kappa shape index (κ2) is 2.45. The highest BCUT2D eigenvalue weighted by atomic mass is 14.8. The van der Waals surface area contributed by atoms with E-state index < -0.39 is 0 Å². The van der Waals surface area contributed by atoms with Gasteiger partial charge in [0.1, 0.15) is 0 Å². The molecule has 37 valence electrons. The van der Waals surface area contributed by atoms with Crippen molar-refractivity contribution in [3.8, 4) is 0 Å². The van der Waals surface area contributed by atoms with E-state index in [0.29, 0.717) is 0 Å². The van der Waals surface area contributed by atoms with E-state index in [0.717, 1.165) is 13.0 Å².